The molecule has 0 spiro atoms. The molecule has 1 aromatic heterocycles. The second-order valence-corrected chi connectivity index (χ2v) is 8.23. The van der Waals surface area contributed by atoms with Crippen molar-refractivity contribution in [3.8, 4) is 6.07 Å². The third-order valence-corrected chi connectivity index (χ3v) is 5.79. The first-order valence-electron chi connectivity index (χ1n) is 9.13. The molecule has 2 heterocycles. The van der Waals surface area contributed by atoms with E-state index in [4.69, 9.17) is 0 Å². The van der Waals surface area contributed by atoms with Crippen LogP contribution in [0.5, 0.6) is 0 Å². The fourth-order valence-corrected chi connectivity index (χ4v) is 3.86. The summed E-state index contributed by atoms with van der Waals surface area (Å²) < 4.78 is 2.09. The van der Waals surface area contributed by atoms with Crippen LogP contribution in [0.25, 0.3) is 0 Å². The fourth-order valence-electron chi connectivity index (χ4n) is 3.86. The smallest absolute Gasteiger partial charge is 0.243 e. The van der Waals surface area contributed by atoms with Crippen molar-refractivity contribution < 1.29 is 4.79 Å². The van der Waals surface area contributed by atoms with Gasteiger partial charge in [0.15, 0.2) is 0 Å². The van der Waals surface area contributed by atoms with Gasteiger partial charge in [0.1, 0.15) is 5.41 Å². The average Bonchev–Trinajstić information content (AvgIpc) is 2.96. The number of likely N-dealkylation sites (tertiary alicyclic amines) is 1. The molecule has 0 aromatic carbocycles. The van der Waals surface area contributed by atoms with E-state index in [9.17, 15) is 10.1 Å². The molecule has 2 aliphatic rings. The first kappa shape index (κ1) is 17.0. The summed E-state index contributed by atoms with van der Waals surface area (Å²) >= 11 is 0. The normalized spacial score (nSPS) is 22.0. The van der Waals surface area contributed by atoms with Crippen LogP contribution in [0.1, 0.15) is 58.4 Å². The van der Waals surface area contributed by atoms with E-state index >= 15 is 0 Å². The van der Waals surface area contributed by atoms with E-state index in [0.29, 0.717) is 5.92 Å². The van der Waals surface area contributed by atoms with Gasteiger partial charge >= 0.3 is 0 Å². The van der Waals surface area contributed by atoms with Crippen molar-refractivity contribution in [2.24, 2.45) is 11.3 Å². The van der Waals surface area contributed by atoms with Crippen molar-refractivity contribution in [1.82, 2.24) is 14.7 Å². The fraction of sp³-hybridized carbons (Fsp3) is 0.737. The van der Waals surface area contributed by atoms with Crippen LogP contribution in [0.2, 0.25) is 0 Å². The van der Waals surface area contributed by atoms with Crippen LogP contribution in [0, 0.1) is 22.7 Å². The zero-order valence-corrected chi connectivity index (χ0v) is 15.1. The van der Waals surface area contributed by atoms with Crippen molar-refractivity contribution in [2.75, 3.05) is 13.1 Å². The zero-order chi connectivity index (χ0) is 17.4. The molecular weight excluding hydrogens is 300 g/mol. The maximum absolute atomic E-state index is 12.7. The second-order valence-electron chi connectivity index (χ2n) is 8.23. The largest absolute Gasteiger partial charge is 0.341 e. The van der Waals surface area contributed by atoms with Gasteiger partial charge in [-0.3, -0.25) is 9.48 Å². The van der Waals surface area contributed by atoms with Crippen LogP contribution in [-0.2, 0) is 16.8 Å². The Kier molecular flexibility index (Phi) is 4.42. The maximum Gasteiger partial charge on any atom is 0.243 e. The number of nitrogens with zero attached hydrogens (tertiary/aromatic N) is 4. The minimum atomic E-state index is -0.718. The number of hydrogen-bond donors (Lipinski definition) is 0. The number of carbonyl (C=O) groups excluding carboxylic acids is 1. The monoisotopic (exact) mass is 328 g/mol. The van der Waals surface area contributed by atoms with Gasteiger partial charge in [-0.1, -0.05) is 13.8 Å². The van der Waals surface area contributed by atoms with Crippen LogP contribution in [-0.4, -0.2) is 33.7 Å². The molecule has 1 aliphatic heterocycles. The highest BCUT2D eigenvalue weighted by atomic mass is 16.2. The molecular formula is C19H28N4O. The Morgan fingerprint density at radius 1 is 1.33 bits per heavy atom. The number of aromatic nitrogens is 2. The van der Waals surface area contributed by atoms with Crippen LogP contribution in [0.15, 0.2) is 12.4 Å². The molecule has 1 aliphatic carbocycles. The Morgan fingerprint density at radius 2 is 2.00 bits per heavy atom. The molecule has 5 nitrogen and oxygen atoms in total. The van der Waals surface area contributed by atoms with Crippen molar-refractivity contribution in [3.63, 3.8) is 0 Å². The number of amides is 1. The summed E-state index contributed by atoms with van der Waals surface area (Å²) in [6, 6.07) is 2.28. The van der Waals surface area contributed by atoms with Gasteiger partial charge < -0.3 is 4.90 Å². The lowest BCUT2D eigenvalue weighted by atomic mass is 9.68. The molecule has 3 rings (SSSR count). The summed E-state index contributed by atoms with van der Waals surface area (Å²) in [4.78, 5) is 14.6. The Bertz CT molecular complexity index is 643. The predicted molar refractivity (Wildman–Crippen MR) is 92.1 cm³/mol. The highest BCUT2D eigenvalue weighted by molar-refractivity contribution is 5.86. The van der Waals surface area contributed by atoms with E-state index in [2.05, 4.69) is 42.8 Å². The summed E-state index contributed by atoms with van der Waals surface area (Å²) in [6.45, 7) is 8.10. The molecule has 130 valence electrons. The zero-order valence-electron chi connectivity index (χ0n) is 15.1. The number of carbonyl (C=O) groups is 1. The summed E-state index contributed by atoms with van der Waals surface area (Å²) in [5, 5.41) is 14.0. The number of rotatable bonds is 4. The molecule has 2 fully saturated rings. The lowest BCUT2D eigenvalue weighted by Crippen LogP contribution is -2.53. The van der Waals surface area contributed by atoms with Crippen LogP contribution in [0.3, 0.4) is 0 Å². The predicted octanol–water partition coefficient (Wildman–Crippen LogP) is 3.11. The number of piperidine rings is 1. The van der Waals surface area contributed by atoms with Gasteiger partial charge in [0, 0.05) is 19.3 Å². The first-order chi connectivity index (χ1) is 11.4. The van der Waals surface area contributed by atoms with Gasteiger partial charge in [-0.2, -0.15) is 10.4 Å². The van der Waals surface area contributed by atoms with Gasteiger partial charge in [-0.05, 0) is 56.9 Å². The lowest BCUT2D eigenvalue weighted by molar-refractivity contribution is -0.145. The number of hydrogen-bond acceptors (Lipinski definition) is 3. The second kappa shape index (κ2) is 6.23. The Balaban J connectivity index is 1.64. The maximum atomic E-state index is 12.7. The molecule has 1 aromatic rings. The topological polar surface area (TPSA) is 61.9 Å². The summed E-state index contributed by atoms with van der Waals surface area (Å²) in [5.74, 6) is 0.679. The molecule has 0 N–H and O–H groups in total. The van der Waals surface area contributed by atoms with Crippen molar-refractivity contribution in [3.05, 3.63) is 18.0 Å². The van der Waals surface area contributed by atoms with Crippen LogP contribution in [0.4, 0.5) is 0 Å². The molecule has 5 heteroatoms. The van der Waals surface area contributed by atoms with Crippen molar-refractivity contribution in [1.29, 1.82) is 5.26 Å². The third kappa shape index (κ3) is 2.94. The molecule has 1 saturated carbocycles. The third-order valence-electron chi connectivity index (χ3n) is 5.79. The quantitative estimate of drug-likeness (QED) is 0.853. The SMILES string of the molecule is CC(C)Cc1cnn(C2(C)CCN(C(=O)C3(C#N)CCC3)CC2)c1. The van der Waals surface area contributed by atoms with E-state index in [1.807, 2.05) is 11.1 Å². The highest BCUT2D eigenvalue weighted by Gasteiger charge is 2.48. The average molecular weight is 328 g/mol. The Morgan fingerprint density at radius 3 is 2.50 bits per heavy atom. The van der Waals surface area contributed by atoms with E-state index in [0.717, 1.165) is 51.6 Å². The highest BCUT2D eigenvalue weighted by Crippen LogP contribution is 2.43. The van der Waals surface area contributed by atoms with E-state index in [1.165, 1.54) is 5.56 Å². The lowest BCUT2D eigenvalue weighted by Gasteiger charge is -2.44. The summed E-state index contributed by atoms with van der Waals surface area (Å²) in [5.41, 5.74) is 0.526. The van der Waals surface area contributed by atoms with Crippen LogP contribution < -0.4 is 0 Å². The van der Waals surface area contributed by atoms with E-state index in [1.54, 1.807) is 0 Å². The van der Waals surface area contributed by atoms with Gasteiger partial charge in [0.2, 0.25) is 5.91 Å². The Hall–Kier alpha value is -1.83. The molecule has 0 radical (unpaired) electrons. The van der Waals surface area contributed by atoms with E-state index < -0.39 is 5.41 Å². The molecule has 0 unspecified atom stereocenters. The van der Waals surface area contributed by atoms with Gasteiger partial charge in [-0.25, -0.2) is 0 Å². The summed E-state index contributed by atoms with van der Waals surface area (Å²) in [7, 11) is 0. The Labute approximate surface area is 144 Å². The minimum absolute atomic E-state index is 0.0363. The van der Waals surface area contributed by atoms with Gasteiger partial charge in [-0.15, -0.1) is 0 Å². The minimum Gasteiger partial charge on any atom is -0.341 e. The number of nitriles is 1. The van der Waals surface area contributed by atoms with Crippen molar-refractivity contribution in [2.45, 2.75) is 64.8 Å². The first-order valence-corrected chi connectivity index (χ1v) is 9.13. The van der Waals surface area contributed by atoms with Crippen molar-refractivity contribution >= 4 is 5.91 Å². The standard InChI is InChI=1S/C19H28N4O/c1-15(2)11-16-12-21-23(13-16)18(3)7-9-22(10-8-18)17(24)19(14-20)5-4-6-19/h12-13,15H,4-11H2,1-3H3. The molecule has 0 bridgehead atoms. The van der Waals surface area contributed by atoms with Gasteiger partial charge in [0.25, 0.3) is 0 Å². The molecule has 0 atom stereocenters. The van der Waals surface area contributed by atoms with E-state index in [-0.39, 0.29) is 11.4 Å². The summed E-state index contributed by atoms with van der Waals surface area (Å²) in [6.07, 6.45) is 9.43. The van der Waals surface area contributed by atoms with Gasteiger partial charge in [0.05, 0.1) is 17.8 Å². The molecule has 24 heavy (non-hydrogen) atoms. The molecule has 1 saturated heterocycles. The van der Waals surface area contributed by atoms with Crippen LogP contribution >= 0.6 is 0 Å². The molecule has 1 amide bonds.